The number of nitrogens with one attached hydrogen (secondary N) is 2. The van der Waals surface area contributed by atoms with E-state index in [1.54, 1.807) is 26.1 Å². The summed E-state index contributed by atoms with van der Waals surface area (Å²) in [7, 11) is 0. The maximum absolute atomic E-state index is 12.1. The van der Waals surface area contributed by atoms with Crippen LogP contribution in [0.15, 0.2) is 18.3 Å². The van der Waals surface area contributed by atoms with Crippen molar-refractivity contribution in [2.75, 3.05) is 11.9 Å². The number of pyridine rings is 1. The minimum atomic E-state index is -0.686. The third-order valence-electron chi connectivity index (χ3n) is 2.98. The molecule has 0 saturated heterocycles. The summed E-state index contributed by atoms with van der Waals surface area (Å²) in [4.78, 5) is 16.2. The second kappa shape index (κ2) is 6.62. The van der Waals surface area contributed by atoms with E-state index in [2.05, 4.69) is 42.3 Å². The van der Waals surface area contributed by atoms with Crippen LogP contribution in [0.3, 0.4) is 0 Å². The van der Waals surface area contributed by atoms with Crippen molar-refractivity contribution in [2.45, 2.75) is 46.6 Å². The lowest BCUT2D eigenvalue weighted by Crippen LogP contribution is -2.42. The van der Waals surface area contributed by atoms with Gasteiger partial charge in [-0.3, -0.25) is 9.78 Å². The first-order valence-corrected chi connectivity index (χ1v) is 7.13. The number of hydrogen-bond donors (Lipinski definition) is 2. The number of carbonyl (C=O) groups is 1. The van der Waals surface area contributed by atoms with E-state index >= 15 is 0 Å². The fourth-order valence-electron chi connectivity index (χ4n) is 1.63. The second-order valence-corrected chi connectivity index (χ2v) is 6.89. The van der Waals surface area contributed by atoms with Gasteiger partial charge in [-0.25, -0.2) is 0 Å². The number of anilines is 1. The minimum absolute atomic E-state index is 0.266. The molecule has 0 aromatic carbocycles. The number of nitrogens with zero attached hydrogens (tertiary/aromatic N) is 1. The highest BCUT2D eigenvalue weighted by Crippen LogP contribution is 2.18. The van der Waals surface area contributed by atoms with Gasteiger partial charge in [-0.1, -0.05) is 26.7 Å². The molecule has 114 valence electrons. The van der Waals surface area contributed by atoms with Crippen LogP contribution in [0.25, 0.3) is 0 Å². The van der Waals surface area contributed by atoms with Gasteiger partial charge in [0.05, 0.1) is 5.54 Å². The smallest absolute Gasteiger partial charge is 0.271 e. The van der Waals surface area contributed by atoms with Gasteiger partial charge in [-0.05, 0) is 37.8 Å². The number of hydrogen-bond acceptors (Lipinski definition) is 3. The monoisotopic (exact) mass is 287 g/mol. The van der Waals surface area contributed by atoms with Gasteiger partial charge in [0.1, 0.15) is 5.69 Å². The van der Waals surface area contributed by atoms with E-state index in [0.29, 0.717) is 5.69 Å². The first-order chi connectivity index (χ1) is 9.63. The van der Waals surface area contributed by atoms with Gasteiger partial charge in [0, 0.05) is 18.4 Å². The van der Waals surface area contributed by atoms with Crippen molar-refractivity contribution in [1.29, 1.82) is 0 Å². The Morgan fingerprint density at radius 3 is 2.57 bits per heavy atom. The van der Waals surface area contributed by atoms with Crippen LogP contribution in [0, 0.1) is 17.8 Å². The van der Waals surface area contributed by atoms with E-state index < -0.39 is 5.54 Å². The zero-order valence-corrected chi connectivity index (χ0v) is 13.6. The molecule has 0 fully saturated rings. The largest absolute Gasteiger partial charge is 0.385 e. The molecule has 0 aliphatic heterocycles. The van der Waals surface area contributed by atoms with Gasteiger partial charge >= 0.3 is 0 Å². The predicted molar refractivity (Wildman–Crippen MR) is 87.2 cm³/mol. The lowest BCUT2D eigenvalue weighted by Gasteiger charge is -2.20. The molecule has 0 saturated carbocycles. The average molecular weight is 287 g/mol. The SMILES string of the molecule is C#CC(C)(C)NC(=O)c1cc(NCCC(C)(C)C)ccn1. The zero-order valence-electron chi connectivity index (χ0n) is 13.6. The Morgan fingerprint density at radius 2 is 2.00 bits per heavy atom. The standard InChI is InChI=1S/C17H25N3O/c1-7-17(5,6)20-15(21)14-12-13(8-10-19-14)18-11-9-16(2,3)4/h1,8,10,12H,9,11H2,2-6H3,(H,18,19)(H,20,21). The van der Waals surface area contributed by atoms with Crippen LogP contribution >= 0.6 is 0 Å². The Balaban J connectivity index is 2.68. The van der Waals surface area contributed by atoms with Crippen molar-refractivity contribution in [3.63, 3.8) is 0 Å². The molecule has 1 rings (SSSR count). The first-order valence-electron chi connectivity index (χ1n) is 7.13. The van der Waals surface area contributed by atoms with E-state index in [4.69, 9.17) is 6.42 Å². The van der Waals surface area contributed by atoms with Gasteiger partial charge in [0.15, 0.2) is 0 Å². The highest BCUT2D eigenvalue weighted by molar-refractivity contribution is 5.93. The molecule has 0 bridgehead atoms. The van der Waals surface area contributed by atoms with E-state index in [-0.39, 0.29) is 11.3 Å². The lowest BCUT2D eigenvalue weighted by molar-refractivity contribution is 0.0925. The number of rotatable bonds is 5. The molecule has 4 heteroatoms. The Hall–Kier alpha value is -2.02. The maximum atomic E-state index is 12.1. The summed E-state index contributed by atoms with van der Waals surface area (Å²) >= 11 is 0. The molecule has 0 atom stereocenters. The van der Waals surface area contributed by atoms with Gasteiger partial charge in [-0.2, -0.15) is 0 Å². The van der Waals surface area contributed by atoms with E-state index in [1.807, 2.05) is 6.07 Å². The van der Waals surface area contributed by atoms with Gasteiger partial charge < -0.3 is 10.6 Å². The van der Waals surface area contributed by atoms with Gasteiger partial charge in [0.25, 0.3) is 5.91 Å². The van der Waals surface area contributed by atoms with Crippen LogP contribution in [-0.2, 0) is 0 Å². The Kier molecular flexibility index (Phi) is 5.37. The third kappa shape index (κ3) is 6.31. The molecule has 0 unspecified atom stereocenters. The molecule has 1 heterocycles. The highest BCUT2D eigenvalue weighted by atomic mass is 16.2. The number of terminal acetylenes is 1. The normalized spacial score (nSPS) is 11.6. The molecule has 21 heavy (non-hydrogen) atoms. The van der Waals surface area contributed by atoms with Crippen LogP contribution < -0.4 is 10.6 Å². The summed E-state index contributed by atoms with van der Waals surface area (Å²) < 4.78 is 0. The summed E-state index contributed by atoms with van der Waals surface area (Å²) in [5.74, 6) is 2.27. The van der Waals surface area contributed by atoms with Crippen molar-refractivity contribution in [2.24, 2.45) is 5.41 Å². The molecule has 1 amide bonds. The summed E-state index contributed by atoms with van der Waals surface area (Å²) in [6, 6.07) is 3.59. The highest BCUT2D eigenvalue weighted by Gasteiger charge is 2.19. The van der Waals surface area contributed by atoms with Crippen molar-refractivity contribution in [3.05, 3.63) is 24.0 Å². The van der Waals surface area contributed by atoms with Gasteiger partial charge in [0.2, 0.25) is 0 Å². The van der Waals surface area contributed by atoms with Crippen molar-refractivity contribution >= 4 is 11.6 Å². The molecule has 0 spiro atoms. The molecule has 0 aliphatic carbocycles. The molecule has 2 N–H and O–H groups in total. The van der Waals surface area contributed by atoms with Crippen LogP contribution in [0.5, 0.6) is 0 Å². The fraction of sp³-hybridized carbons (Fsp3) is 0.529. The average Bonchev–Trinajstić information content (AvgIpc) is 2.37. The Morgan fingerprint density at radius 1 is 1.33 bits per heavy atom. The Labute approximate surface area is 127 Å². The van der Waals surface area contributed by atoms with E-state index in [9.17, 15) is 4.79 Å². The fourth-order valence-corrected chi connectivity index (χ4v) is 1.63. The number of carbonyl (C=O) groups excluding carboxylic acids is 1. The van der Waals surface area contributed by atoms with Crippen molar-refractivity contribution in [1.82, 2.24) is 10.3 Å². The number of amides is 1. The van der Waals surface area contributed by atoms with Crippen LogP contribution in [0.2, 0.25) is 0 Å². The van der Waals surface area contributed by atoms with Gasteiger partial charge in [-0.15, -0.1) is 6.42 Å². The summed E-state index contributed by atoms with van der Waals surface area (Å²) in [6.45, 7) is 11.0. The Bertz CT molecular complexity index is 536. The van der Waals surface area contributed by atoms with E-state index in [0.717, 1.165) is 18.7 Å². The molecule has 0 aliphatic rings. The van der Waals surface area contributed by atoms with Crippen LogP contribution in [0.4, 0.5) is 5.69 Å². The van der Waals surface area contributed by atoms with E-state index in [1.165, 1.54) is 0 Å². The summed E-state index contributed by atoms with van der Waals surface area (Å²) in [5, 5.41) is 6.08. The molecule has 1 aromatic rings. The summed E-state index contributed by atoms with van der Waals surface area (Å²) in [6.07, 6.45) is 8.04. The second-order valence-electron chi connectivity index (χ2n) is 6.89. The quantitative estimate of drug-likeness (QED) is 0.818. The number of aromatic nitrogens is 1. The molecular formula is C17H25N3O. The lowest BCUT2D eigenvalue weighted by atomic mass is 9.92. The molecule has 0 radical (unpaired) electrons. The maximum Gasteiger partial charge on any atom is 0.271 e. The van der Waals surface area contributed by atoms with Crippen molar-refractivity contribution < 1.29 is 4.79 Å². The van der Waals surface area contributed by atoms with Crippen LogP contribution in [0.1, 0.15) is 51.5 Å². The third-order valence-corrected chi connectivity index (χ3v) is 2.98. The molecule has 1 aromatic heterocycles. The van der Waals surface area contributed by atoms with Crippen LogP contribution in [-0.4, -0.2) is 23.0 Å². The zero-order chi connectivity index (χ0) is 16.1. The minimum Gasteiger partial charge on any atom is -0.385 e. The van der Waals surface area contributed by atoms with Crippen molar-refractivity contribution in [3.8, 4) is 12.3 Å². The first kappa shape index (κ1) is 17.0. The molecule has 4 nitrogen and oxygen atoms in total. The molecular weight excluding hydrogens is 262 g/mol. The topological polar surface area (TPSA) is 54.0 Å². The summed E-state index contributed by atoms with van der Waals surface area (Å²) in [5.41, 5.74) is 0.836. The predicted octanol–water partition coefficient (Wildman–Crippen LogP) is 3.07.